The zero-order chi connectivity index (χ0) is 23.5. The van der Waals surface area contributed by atoms with E-state index in [0.29, 0.717) is 69.5 Å². The number of hydrogen-bond acceptors (Lipinski definition) is 8. The van der Waals surface area contributed by atoms with E-state index in [1.807, 2.05) is 4.57 Å². The lowest BCUT2D eigenvalue weighted by Gasteiger charge is -2.28. The summed E-state index contributed by atoms with van der Waals surface area (Å²) in [7, 11) is 3.10. The molecule has 0 unspecified atom stereocenters. The van der Waals surface area contributed by atoms with Crippen LogP contribution in [0.1, 0.15) is 18.1 Å². The first-order chi connectivity index (χ1) is 15.9. The number of aryl methyl sites for hydroxylation is 2. The molecule has 0 amide bonds. The zero-order valence-electron chi connectivity index (χ0n) is 18.9. The Labute approximate surface area is 190 Å². The smallest absolute Gasteiger partial charge is 0.332 e. The van der Waals surface area contributed by atoms with E-state index in [-0.39, 0.29) is 11.3 Å². The van der Waals surface area contributed by atoms with Crippen LogP contribution in [0.3, 0.4) is 0 Å². The van der Waals surface area contributed by atoms with Gasteiger partial charge in [-0.15, -0.1) is 0 Å². The molecule has 11 nitrogen and oxygen atoms in total. The summed E-state index contributed by atoms with van der Waals surface area (Å²) in [5, 5.41) is 22.9. The Bertz CT molecular complexity index is 1220. The number of rotatable bonds is 8. The van der Waals surface area contributed by atoms with Crippen LogP contribution >= 0.6 is 0 Å². The molecule has 3 N–H and O–H groups in total. The van der Waals surface area contributed by atoms with Crippen molar-refractivity contribution in [2.45, 2.75) is 19.1 Å². The minimum atomic E-state index is -0.689. The number of phenolic OH excluding ortho intramolecular Hbond substituents is 1. The average molecular weight is 459 g/mol. The van der Waals surface area contributed by atoms with E-state index in [0.717, 1.165) is 10.1 Å². The predicted octanol–water partition coefficient (Wildman–Crippen LogP) is -0.311. The van der Waals surface area contributed by atoms with Crippen LogP contribution in [0, 0.1) is 0 Å². The van der Waals surface area contributed by atoms with Crippen molar-refractivity contribution in [1.29, 1.82) is 0 Å². The normalized spacial score (nSPS) is 15.3. The van der Waals surface area contributed by atoms with Gasteiger partial charge in [-0.2, -0.15) is 4.98 Å². The van der Waals surface area contributed by atoms with Crippen molar-refractivity contribution < 1.29 is 14.9 Å². The lowest BCUT2D eigenvalue weighted by Crippen LogP contribution is -2.39. The topological polar surface area (TPSA) is 127 Å². The Balaban J connectivity index is 1.50. The van der Waals surface area contributed by atoms with Crippen LogP contribution in [0.5, 0.6) is 5.75 Å². The van der Waals surface area contributed by atoms with Gasteiger partial charge in [-0.1, -0.05) is 12.1 Å². The molecule has 0 spiro atoms. The molecule has 0 aliphatic carbocycles. The maximum absolute atomic E-state index is 13.0. The van der Waals surface area contributed by atoms with Gasteiger partial charge in [0.15, 0.2) is 11.2 Å². The van der Waals surface area contributed by atoms with Crippen molar-refractivity contribution in [3.05, 3.63) is 50.7 Å². The van der Waals surface area contributed by atoms with E-state index in [9.17, 15) is 19.8 Å². The molecule has 3 aromatic rings. The zero-order valence-corrected chi connectivity index (χ0v) is 18.9. The number of imidazole rings is 1. The predicted molar refractivity (Wildman–Crippen MR) is 124 cm³/mol. The molecule has 11 heteroatoms. The summed E-state index contributed by atoms with van der Waals surface area (Å²) in [5.74, 6) is 0.821. The van der Waals surface area contributed by atoms with Gasteiger partial charge in [-0.25, -0.2) is 4.79 Å². The second-order valence-corrected chi connectivity index (χ2v) is 8.21. The molecule has 178 valence electrons. The number of nitrogens with one attached hydrogen (secondary N) is 1. The summed E-state index contributed by atoms with van der Waals surface area (Å²) >= 11 is 0. The van der Waals surface area contributed by atoms with Crippen molar-refractivity contribution in [3.63, 3.8) is 0 Å². The van der Waals surface area contributed by atoms with E-state index < -0.39 is 11.8 Å². The van der Waals surface area contributed by atoms with Crippen LogP contribution in [-0.2, 0) is 25.4 Å². The number of phenols is 1. The van der Waals surface area contributed by atoms with Crippen LogP contribution in [0.15, 0.2) is 33.9 Å². The highest BCUT2D eigenvalue weighted by atomic mass is 16.5. The quantitative estimate of drug-likeness (QED) is 0.393. The molecule has 3 heterocycles. The summed E-state index contributed by atoms with van der Waals surface area (Å²) in [5.41, 5.74) is 0.733. The van der Waals surface area contributed by atoms with Crippen molar-refractivity contribution in [3.8, 4) is 5.75 Å². The van der Waals surface area contributed by atoms with E-state index >= 15 is 0 Å². The van der Waals surface area contributed by atoms with Crippen LogP contribution in [-0.4, -0.2) is 68.3 Å². The number of aromatic hydroxyl groups is 1. The number of aromatic nitrogens is 4. The number of aliphatic hydroxyl groups excluding tert-OH is 1. The number of benzene rings is 1. The first kappa shape index (κ1) is 23.0. The minimum absolute atomic E-state index is 0.159. The van der Waals surface area contributed by atoms with Gasteiger partial charge < -0.3 is 29.7 Å². The third-order valence-corrected chi connectivity index (χ3v) is 5.97. The molecule has 4 rings (SSSR count). The lowest BCUT2D eigenvalue weighted by molar-refractivity contribution is 0.121. The third-order valence-electron chi connectivity index (χ3n) is 5.97. The van der Waals surface area contributed by atoms with Gasteiger partial charge in [-0.3, -0.25) is 13.9 Å². The second kappa shape index (κ2) is 9.77. The molecule has 1 fully saturated rings. The molecule has 1 aliphatic heterocycles. The van der Waals surface area contributed by atoms with Crippen LogP contribution in [0.4, 0.5) is 5.95 Å². The monoisotopic (exact) mass is 458 g/mol. The maximum Gasteiger partial charge on any atom is 0.332 e. The molecule has 0 radical (unpaired) electrons. The fourth-order valence-electron chi connectivity index (χ4n) is 4.07. The highest BCUT2D eigenvalue weighted by Crippen LogP contribution is 2.21. The fourth-order valence-corrected chi connectivity index (χ4v) is 4.07. The Kier molecular flexibility index (Phi) is 6.82. The molecular weight excluding hydrogens is 428 g/mol. The second-order valence-electron chi connectivity index (χ2n) is 8.21. The van der Waals surface area contributed by atoms with E-state index in [4.69, 9.17) is 4.74 Å². The molecule has 1 aromatic carbocycles. The lowest BCUT2D eigenvalue weighted by atomic mass is 10.1. The van der Waals surface area contributed by atoms with Gasteiger partial charge in [-0.05, 0) is 30.7 Å². The molecule has 0 bridgehead atoms. The Morgan fingerprint density at radius 3 is 2.52 bits per heavy atom. The van der Waals surface area contributed by atoms with Gasteiger partial charge in [0.25, 0.3) is 5.56 Å². The SMILES string of the molecule is Cn1c(=O)c2c(nc(N3CCOCC3)n2CCCNC[C@@H](O)c2ccc(O)cc2)n(C)c1=O. The molecular formula is C22H30N6O5. The number of nitrogens with zero attached hydrogens (tertiary/aromatic N) is 5. The van der Waals surface area contributed by atoms with Crippen molar-refractivity contribution in [2.75, 3.05) is 44.3 Å². The van der Waals surface area contributed by atoms with E-state index in [1.165, 1.54) is 11.6 Å². The third kappa shape index (κ3) is 4.65. The van der Waals surface area contributed by atoms with Gasteiger partial charge in [0.2, 0.25) is 5.95 Å². The van der Waals surface area contributed by atoms with E-state index in [2.05, 4.69) is 15.2 Å². The summed E-state index contributed by atoms with van der Waals surface area (Å²) < 4.78 is 9.85. The van der Waals surface area contributed by atoms with Gasteiger partial charge in [0.05, 0.1) is 19.3 Å². The number of ether oxygens (including phenoxy) is 1. The van der Waals surface area contributed by atoms with Gasteiger partial charge in [0, 0.05) is 40.3 Å². The molecule has 2 aromatic heterocycles. The Morgan fingerprint density at radius 2 is 1.82 bits per heavy atom. The summed E-state index contributed by atoms with van der Waals surface area (Å²) in [6, 6.07) is 6.47. The maximum atomic E-state index is 13.0. The molecule has 1 atom stereocenters. The number of fused-ring (bicyclic) bond motifs is 1. The average Bonchev–Trinajstić information content (AvgIpc) is 3.21. The Morgan fingerprint density at radius 1 is 1.12 bits per heavy atom. The summed E-state index contributed by atoms with van der Waals surface area (Å²) in [4.78, 5) is 32.1. The minimum Gasteiger partial charge on any atom is -0.508 e. The number of morpholine rings is 1. The van der Waals surface area contributed by atoms with Crippen molar-refractivity contribution in [2.24, 2.45) is 14.1 Å². The summed E-state index contributed by atoms with van der Waals surface area (Å²) in [6.07, 6.45) is 0.00212. The largest absolute Gasteiger partial charge is 0.508 e. The molecule has 1 aliphatic rings. The first-order valence-corrected chi connectivity index (χ1v) is 11.0. The highest BCUT2D eigenvalue weighted by Gasteiger charge is 2.23. The van der Waals surface area contributed by atoms with Gasteiger partial charge >= 0.3 is 5.69 Å². The Hall–Kier alpha value is -3.15. The number of aliphatic hydroxyl groups is 1. The van der Waals surface area contributed by atoms with Crippen molar-refractivity contribution in [1.82, 2.24) is 24.0 Å². The van der Waals surface area contributed by atoms with Gasteiger partial charge in [0.1, 0.15) is 5.75 Å². The van der Waals surface area contributed by atoms with Crippen molar-refractivity contribution >= 4 is 17.1 Å². The standard InChI is InChI=1S/C22H30N6O5/c1-25-19-18(20(31)26(2)22(25)32)28(21(24-19)27-10-12-33-13-11-27)9-3-8-23-14-17(30)15-4-6-16(29)7-5-15/h4-7,17,23,29-30H,3,8-14H2,1-2H3/t17-/m1/s1. The molecule has 33 heavy (non-hydrogen) atoms. The van der Waals surface area contributed by atoms with Crippen LogP contribution in [0.2, 0.25) is 0 Å². The van der Waals surface area contributed by atoms with Crippen LogP contribution in [0.25, 0.3) is 11.2 Å². The summed E-state index contributed by atoms with van der Waals surface area (Å²) in [6.45, 7) is 3.99. The number of anilines is 1. The fraction of sp³-hybridized carbons (Fsp3) is 0.500. The molecule has 1 saturated heterocycles. The van der Waals surface area contributed by atoms with Crippen LogP contribution < -0.4 is 21.5 Å². The molecule has 0 saturated carbocycles. The first-order valence-electron chi connectivity index (χ1n) is 11.0. The number of hydrogen-bond donors (Lipinski definition) is 3. The highest BCUT2D eigenvalue weighted by molar-refractivity contribution is 5.74. The van der Waals surface area contributed by atoms with E-state index in [1.54, 1.807) is 31.3 Å².